The van der Waals surface area contributed by atoms with E-state index in [0.717, 1.165) is 0 Å². The topological polar surface area (TPSA) is 201 Å². The first kappa shape index (κ1) is 23.9. The Labute approximate surface area is 121 Å². The van der Waals surface area contributed by atoms with Crippen molar-refractivity contribution >= 4 is 23.9 Å². The number of carboxylic acid groups (broad SMARTS) is 4. The third kappa shape index (κ3) is 46.3. The number of hydrogen-bond donors (Lipinski definition) is 6. The summed E-state index contributed by atoms with van der Waals surface area (Å²) in [5, 5.41) is 31.9. The van der Waals surface area contributed by atoms with Gasteiger partial charge in [0.25, 0.3) is 0 Å². The first-order chi connectivity index (χ1) is 9.67. The summed E-state index contributed by atoms with van der Waals surface area (Å²) >= 11 is 0. The summed E-state index contributed by atoms with van der Waals surface area (Å²) in [5.41, 5.74) is 9.81. The van der Waals surface area contributed by atoms with Crippen LogP contribution in [-0.4, -0.2) is 57.4 Å². The van der Waals surface area contributed by atoms with Crippen LogP contribution in [0.15, 0.2) is 0 Å². The average Bonchev–Trinajstić information content (AvgIpc) is 2.36. The Bertz CT molecular complexity index is 289. The Morgan fingerprint density at radius 3 is 0.952 bits per heavy atom. The van der Waals surface area contributed by atoms with Gasteiger partial charge in [0.15, 0.2) is 0 Å². The Morgan fingerprint density at radius 1 is 0.571 bits per heavy atom. The summed E-state index contributed by atoms with van der Waals surface area (Å²) in [4.78, 5) is 38.9. The van der Waals surface area contributed by atoms with E-state index in [-0.39, 0.29) is 32.1 Å². The molecule has 10 nitrogen and oxygen atoms in total. The largest absolute Gasteiger partial charge is 0.481 e. The molecule has 0 amide bonds. The molecular formula is C11H22N2O8. The van der Waals surface area contributed by atoms with Crippen molar-refractivity contribution < 1.29 is 39.6 Å². The summed E-state index contributed by atoms with van der Waals surface area (Å²) in [6.45, 7) is 1.19. The van der Waals surface area contributed by atoms with Crippen LogP contribution in [0.5, 0.6) is 0 Å². The predicted molar refractivity (Wildman–Crippen MR) is 71.7 cm³/mol. The highest BCUT2D eigenvalue weighted by atomic mass is 16.4. The molecule has 0 rings (SSSR count). The Morgan fingerprint density at radius 2 is 0.810 bits per heavy atom. The summed E-state index contributed by atoms with van der Waals surface area (Å²) in [6, 6.07) is 0. The van der Waals surface area contributed by atoms with Crippen molar-refractivity contribution in [1.82, 2.24) is 0 Å². The van der Waals surface area contributed by atoms with Gasteiger partial charge in [-0.15, -0.1) is 0 Å². The van der Waals surface area contributed by atoms with E-state index >= 15 is 0 Å². The summed E-state index contributed by atoms with van der Waals surface area (Å²) < 4.78 is 0. The second-order valence-corrected chi connectivity index (χ2v) is 3.51. The maximum absolute atomic E-state index is 9.79. The van der Waals surface area contributed by atoms with E-state index in [1.807, 2.05) is 0 Å². The molecule has 0 unspecified atom stereocenters. The zero-order chi connectivity index (χ0) is 17.3. The zero-order valence-corrected chi connectivity index (χ0v) is 11.5. The van der Waals surface area contributed by atoms with Gasteiger partial charge in [-0.3, -0.25) is 19.2 Å². The Kier molecular flexibility index (Phi) is 20.2. The van der Waals surface area contributed by atoms with Crippen LogP contribution in [0.2, 0.25) is 0 Å². The van der Waals surface area contributed by atoms with Crippen molar-refractivity contribution in [3.8, 4) is 0 Å². The number of carbonyl (C=O) groups is 4. The number of rotatable bonds is 8. The monoisotopic (exact) mass is 310 g/mol. The van der Waals surface area contributed by atoms with Crippen molar-refractivity contribution in [2.24, 2.45) is 11.5 Å². The van der Waals surface area contributed by atoms with Gasteiger partial charge in [0.2, 0.25) is 0 Å². The molecule has 8 N–H and O–H groups in total. The van der Waals surface area contributed by atoms with Crippen LogP contribution in [0.25, 0.3) is 0 Å². The quantitative estimate of drug-likeness (QED) is 0.328. The third-order valence-corrected chi connectivity index (χ3v) is 1.50. The molecule has 0 bridgehead atoms. The molecule has 0 radical (unpaired) electrons. The number of nitrogens with two attached hydrogens (primary N) is 2. The van der Waals surface area contributed by atoms with E-state index in [0.29, 0.717) is 13.1 Å². The second kappa shape index (κ2) is 17.8. The molecule has 10 heteroatoms. The molecule has 0 heterocycles. The molecule has 0 aromatic carbocycles. The molecular weight excluding hydrogens is 288 g/mol. The van der Waals surface area contributed by atoms with Gasteiger partial charge in [-0.2, -0.15) is 0 Å². The molecule has 0 aliphatic carbocycles. The molecule has 0 fully saturated rings. The fourth-order valence-electron chi connectivity index (χ4n) is 0.605. The van der Waals surface area contributed by atoms with Crippen molar-refractivity contribution in [3.05, 3.63) is 0 Å². The van der Waals surface area contributed by atoms with E-state index in [1.54, 1.807) is 0 Å². The van der Waals surface area contributed by atoms with Crippen LogP contribution in [0.1, 0.15) is 32.1 Å². The van der Waals surface area contributed by atoms with Gasteiger partial charge in [-0.05, 0) is 6.42 Å². The van der Waals surface area contributed by atoms with Gasteiger partial charge in [-0.1, -0.05) is 0 Å². The van der Waals surface area contributed by atoms with Crippen molar-refractivity contribution in [2.45, 2.75) is 32.1 Å². The second-order valence-electron chi connectivity index (χ2n) is 3.51. The van der Waals surface area contributed by atoms with E-state index in [9.17, 15) is 19.2 Å². The maximum Gasteiger partial charge on any atom is 0.303 e. The highest BCUT2D eigenvalue weighted by Crippen LogP contribution is 1.93. The van der Waals surface area contributed by atoms with E-state index in [4.69, 9.17) is 31.9 Å². The number of hydrogen-bond acceptors (Lipinski definition) is 6. The lowest BCUT2D eigenvalue weighted by molar-refractivity contribution is -0.143. The molecule has 0 atom stereocenters. The lowest BCUT2D eigenvalue weighted by Crippen LogP contribution is -2.11. The summed E-state index contributed by atoms with van der Waals surface area (Å²) in [5.74, 6) is -4.05. The van der Waals surface area contributed by atoms with Gasteiger partial charge in [0.05, 0.1) is 12.8 Å². The molecule has 0 spiro atoms. The molecule has 0 aromatic heterocycles. The molecule has 0 aromatic rings. The minimum Gasteiger partial charge on any atom is -0.481 e. The van der Waals surface area contributed by atoms with E-state index in [1.165, 1.54) is 0 Å². The first-order valence-electron chi connectivity index (χ1n) is 5.94. The molecule has 0 aliphatic heterocycles. The molecule has 0 saturated heterocycles. The van der Waals surface area contributed by atoms with Gasteiger partial charge >= 0.3 is 23.9 Å². The van der Waals surface area contributed by atoms with Crippen LogP contribution < -0.4 is 11.5 Å². The molecule has 21 heavy (non-hydrogen) atoms. The number of aliphatic carboxylic acids is 4. The van der Waals surface area contributed by atoms with Crippen LogP contribution in [0.4, 0.5) is 0 Å². The van der Waals surface area contributed by atoms with Crippen molar-refractivity contribution in [2.75, 3.05) is 13.1 Å². The van der Waals surface area contributed by atoms with Crippen LogP contribution in [0, 0.1) is 0 Å². The zero-order valence-electron chi connectivity index (χ0n) is 11.5. The van der Waals surface area contributed by atoms with E-state index < -0.39 is 23.9 Å². The maximum atomic E-state index is 9.79. The van der Waals surface area contributed by atoms with Gasteiger partial charge in [0.1, 0.15) is 0 Å². The van der Waals surface area contributed by atoms with Gasteiger partial charge < -0.3 is 31.9 Å². The van der Waals surface area contributed by atoms with Crippen LogP contribution in [-0.2, 0) is 19.2 Å². The highest BCUT2D eigenvalue weighted by Gasteiger charge is 2.00. The average molecular weight is 310 g/mol. The third-order valence-electron chi connectivity index (χ3n) is 1.50. The fourth-order valence-corrected chi connectivity index (χ4v) is 0.605. The smallest absolute Gasteiger partial charge is 0.303 e. The lowest BCUT2D eigenvalue weighted by Gasteiger charge is -1.89. The predicted octanol–water partition coefficient (Wildman–Crippen LogP) is -0.834. The minimum absolute atomic E-state index is 0.0632. The standard InChI is InChI=1S/C5H8O4.C4H6O4.C2H8N2/c6-4(7)2-1-3-5(8)9;5-3(6)1-2-4(7)8;3-1-2-4/h1-3H2,(H,6,7)(H,8,9);1-2H2,(H,5,6)(H,7,8);1-4H2. The SMILES string of the molecule is NCCN.O=C(O)CCC(=O)O.O=C(O)CCCC(=O)O. The normalized spacial score (nSPS) is 8.48. The molecule has 124 valence electrons. The van der Waals surface area contributed by atoms with Gasteiger partial charge in [0, 0.05) is 25.9 Å². The van der Waals surface area contributed by atoms with Gasteiger partial charge in [-0.25, -0.2) is 0 Å². The van der Waals surface area contributed by atoms with Crippen molar-refractivity contribution in [3.63, 3.8) is 0 Å². The number of carboxylic acids is 4. The van der Waals surface area contributed by atoms with Crippen LogP contribution >= 0.6 is 0 Å². The minimum atomic E-state index is -1.08. The van der Waals surface area contributed by atoms with Crippen LogP contribution in [0.3, 0.4) is 0 Å². The molecule has 0 aliphatic rings. The summed E-state index contributed by atoms with van der Waals surface area (Å²) in [6.07, 6.45) is -0.506. The Hall–Kier alpha value is -2.20. The van der Waals surface area contributed by atoms with E-state index in [2.05, 4.69) is 0 Å². The lowest BCUT2D eigenvalue weighted by atomic mass is 10.2. The van der Waals surface area contributed by atoms with Crippen molar-refractivity contribution in [1.29, 1.82) is 0 Å². The first-order valence-corrected chi connectivity index (χ1v) is 5.94. The Balaban J connectivity index is -0.000000249. The molecule has 0 saturated carbocycles. The summed E-state index contributed by atoms with van der Waals surface area (Å²) in [7, 11) is 0. The fraction of sp³-hybridized carbons (Fsp3) is 0.636. The highest BCUT2D eigenvalue weighted by molar-refractivity contribution is 5.75.